The molecule has 31 heavy (non-hydrogen) atoms. The van der Waals surface area contributed by atoms with Crippen LogP contribution in [-0.4, -0.2) is 49.0 Å². The Labute approximate surface area is 184 Å². The van der Waals surface area contributed by atoms with Gasteiger partial charge in [-0.1, -0.05) is 12.1 Å². The lowest BCUT2D eigenvalue weighted by Gasteiger charge is -2.34. The number of benzene rings is 1. The Morgan fingerprint density at radius 3 is 2.71 bits per heavy atom. The first kappa shape index (κ1) is 21.7. The number of carbonyl (C=O) groups is 1. The van der Waals surface area contributed by atoms with E-state index < -0.39 is 16.0 Å². The zero-order valence-electron chi connectivity index (χ0n) is 17.1. The van der Waals surface area contributed by atoms with E-state index in [2.05, 4.69) is 4.98 Å². The number of thiophene rings is 1. The number of ether oxygens (including phenoxy) is 2. The molecule has 3 heterocycles. The van der Waals surface area contributed by atoms with Gasteiger partial charge in [0.25, 0.3) is 0 Å². The average Bonchev–Trinajstić information content (AvgIpc) is 3.43. The van der Waals surface area contributed by atoms with Crippen molar-refractivity contribution in [1.82, 2.24) is 9.29 Å². The van der Waals surface area contributed by atoms with Gasteiger partial charge in [0, 0.05) is 13.1 Å². The summed E-state index contributed by atoms with van der Waals surface area (Å²) in [5, 5.41) is 1.92. The van der Waals surface area contributed by atoms with Gasteiger partial charge in [-0.2, -0.15) is 4.31 Å². The summed E-state index contributed by atoms with van der Waals surface area (Å²) in [6, 6.07) is 9.63. The fourth-order valence-corrected chi connectivity index (χ4v) is 5.66. The monoisotopic (exact) mass is 462 g/mol. The molecule has 0 N–H and O–H groups in total. The molecule has 2 aromatic heterocycles. The van der Waals surface area contributed by atoms with Crippen molar-refractivity contribution in [3.8, 4) is 10.8 Å². The minimum atomic E-state index is -3.75. The number of nitrogens with zero attached hydrogens (tertiary/aromatic N) is 2. The first-order valence-corrected chi connectivity index (χ1v) is 12.1. The van der Waals surface area contributed by atoms with Crippen LogP contribution in [0.4, 0.5) is 0 Å². The first-order chi connectivity index (χ1) is 14.8. The average molecular weight is 463 g/mol. The van der Waals surface area contributed by atoms with Crippen LogP contribution in [0, 0.1) is 0 Å². The number of rotatable bonds is 6. The van der Waals surface area contributed by atoms with Gasteiger partial charge >= 0.3 is 5.97 Å². The SMILES string of the molecule is C[C@@H]1CN(S(=O)(=O)c2cccc(C(=O)OCc3coc(-c4cccs4)n3)c2)C[C@H](C)O1. The van der Waals surface area contributed by atoms with E-state index in [4.69, 9.17) is 13.9 Å². The second-order valence-corrected chi connectivity index (χ2v) is 10.2. The van der Waals surface area contributed by atoms with Gasteiger partial charge in [-0.05, 0) is 43.5 Å². The molecular formula is C21H22N2O6S2. The van der Waals surface area contributed by atoms with Crippen LogP contribution in [0.5, 0.6) is 0 Å². The van der Waals surface area contributed by atoms with Crippen molar-refractivity contribution in [2.75, 3.05) is 13.1 Å². The summed E-state index contributed by atoms with van der Waals surface area (Å²) >= 11 is 1.49. The topological polar surface area (TPSA) is 98.9 Å². The van der Waals surface area contributed by atoms with E-state index in [9.17, 15) is 13.2 Å². The molecule has 0 spiro atoms. The highest BCUT2D eigenvalue weighted by molar-refractivity contribution is 7.89. The Hall–Kier alpha value is -2.53. The van der Waals surface area contributed by atoms with Gasteiger partial charge in [-0.15, -0.1) is 11.3 Å². The molecule has 8 nitrogen and oxygen atoms in total. The smallest absolute Gasteiger partial charge is 0.338 e. The van der Waals surface area contributed by atoms with Crippen LogP contribution >= 0.6 is 11.3 Å². The van der Waals surface area contributed by atoms with Crippen LogP contribution in [0.2, 0.25) is 0 Å². The zero-order valence-corrected chi connectivity index (χ0v) is 18.7. The Kier molecular flexibility index (Phi) is 6.24. The van der Waals surface area contributed by atoms with Crippen LogP contribution < -0.4 is 0 Å². The summed E-state index contributed by atoms with van der Waals surface area (Å²) in [4.78, 5) is 17.7. The van der Waals surface area contributed by atoms with E-state index in [1.807, 2.05) is 31.4 Å². The van der Waals surface area contributed by atoms with Crippen LogP contribution in [0.1, 0.15) is 29.9 Å². The normalized spacial score (nSPS) is 19.9. The lowest BCUT2D eigenvalue weighted by molar-refractivity contribution is -0.0440. The highest BCUT2D eigenvalue weighted by Gasteiger charge is 2.32. The largest absolute Gasteiger partial charge is 0.455 e. The molecule has 1 fully saturated rings. The molecule has 10 heteroatoms. The summed E-state index contributed by atoms with van der Waals surface area (Å²) in [5.74, 6) is -0.176. The van der Waals surface area contributed by atoms with Gasteiger partial charge in [0.05, 0.1) is 27.5 Å². The maximum Gasteiger partial charge on any atom is 0.338 e. The Balaban J connectivity index is 1.44. The van der Waals surface area contributed by atoms with E-state index in [1.54, 1.807) is 0 Å². The van der Waals surface area contributed by atoms with Gasteiger partial charge in [0.2, 0.25) is 15.9 Å². The standard InChI is InChI=1S/C21H22N2O6S2/c1-14-10-23(11-15(2)29-14)31(25,26)18-6-3-5-16(9-18)21(24)28-13-17-12-27-20(22-17)19-7-4-8-30-19/h3-9,12,14-15H,10-11,13H2,1-2H3/t14-,15+. The third-order valence-electron chi connectivity index (χ3n) is 4.73. The molecule has 1 aromatic carbocycles. The maximum atomic E-state index is 13.0. The molecule has 2 atom stereocenters. The molecule has 0 aliphatic carbocycles. The second-order valence-electron chi connectivity index (χ2n) is 7.30. The predicted molar refractivity (Wildman–Crippen MR) is 114 cm³/mol. The number of hydrogen-bond donors (Lipinski definition) is 0. The van der Waals surface area contributed by atoms with Gasteiger partial charge in [-0.3, -0.25) is 0 Å². The number of hydrogen-bond acceptors (Lipinski definition) is 8. The number of morpholine rings is 1. The summed E-state index contributed by atoms with van der Waals surface area (Å²) in [7, 11) is -3.75. The molecule has 164 valence electrons. The zero-order chi connectivity index (χ0) is 22.0. The number of carbonyl (C=O) groups excluding carboxylic acids is 1. The Morgan fingerprint density at radius 2 is 2.00 bits per heavy atom. The molecule has 0 amide bonds. The Morgan fingerprint density at radius 1 is 1.23 bits per heavy atom. The van der Waals surface area contributed by atoms with Crippen LogP contribution in [0.15, 0.2) is 57.4 Å². The second kappa shape index (κ2) is 8.91. The molecule has 3 aromatic rings. The molecule has 4 rings (SSSR count). The van der Waals surface area contributed by atoms with Crippen molar-refractivity contribution >= 4 is 27.3 Å². The number of sulfonamides is 1. The van der Waals surface area contributed by atoms with E-state index in [-0.39, 0.29) is 42.4 Å². The van der Waals surface area contributed by atoms with Crippen molar-refractivity contribution in [2.45, 2.75) is 37.6 Å². The van der Waals surface area contributed by atoms with Gasteiger partial charge in [-0.25, -0.2) is 18.2 Å². The highest BCUT2D eigenvalue weighted by Crippen LogP contribution is 2.25. The summed E-state index contributed by atoms with van der Waals surface area (Å²) in [6.45, 7) is 4.11. The van der Waals surface area contributed by atoms with Crippen molar-refractivity contribution in [3.05, 3.63) is 59.3 Å². The predicted octanol–water partition coefficient (Wildman–Crippen LogP) is 3.56. The fourth-order valence-electron chi connectivity index (χ4n) is 3.37. The number of esters is 1. The first-order valence-electron chi connectivity index (χ1n) is 9.74. The summed E-state index contributed by atoms with van der Waals surface area (Å²) in [6.07, 6.45) is 1.03. The van der Waals surface area contributed by atoms with E-state index >= 15 is 0 Å². The van der Waals surface area contributed by atoms with Crippen molar-refractivity contribution in [3.63, 3.8) is 0 Å². The molecule has 1 aliphatic heterocycles. The third kappa shape index (κ3) is 4.87. The highest BCUT2D eigenvalue weighted by atomic mass is 32.2. The van der Waals surface area contributed by atoms with E-state index in [0.29, 0.717) is 11.6 Å². The molecule has 0 bridgehead atoms. The minimum Gasteiger partial charge on any atom is -0.455 e. The summed E-state index contributed by atoms with van der Waals surface area (Å²) in [5.41, 5.74) is 0.620. The van der Waals surface area contributed by atoms with Crippen molar-refractivity contribution in [1.29, 1.82) is 0 Å². The lowest BCUT2D eigenvalue weighted by Crippen LogP contribution is -2.48. The van der Waals surface area contributed by atoms with Crippen LogP contribution in [0.3, 0.4) is 0 Å². The van der Waals surface area contributed by atoms with Gasteiger partial charge in [0.15, 0.2) is 0 Å². The summed E-state index contributed by atoms with van der Waals surface area (Å²) < 4.78 is 43.8. The maximum absolute atomic E-state index is 13.0. The number of oxazole rings is 1. The van der Waals surface area contributed by atoms with Gasteiger partial charge in [0.1, 0.15) is 18.6 Å². The van der Waals surface area contributed by atoms with E-state index in [1.165, 1.54) is 46.2 Å². The van der Waals surface area contributed by atoms with Crippen molar-refractivity contribution in [2.24, 2.45) is 0 Å². The van der Waals surface area contributed by atoms with Gasteiger partial charge < -0.3 is 13.9 Å². The van der Waals surface area contributed by atoms with E-state index in [0.717, 1.165) is 4.88 Å². The third-order valence-corrected chi connectivity index (χ3v) is 7.41. The number of aromatic nitrogens is 1. The van der Waals surface area contributed by atoms with Crippen LogP contribution in [0.25, 0.3) is 10.8 Å². The lowest BCUT2D eigenvalue weighted by atomic mass is 10.2. The molecule has 1 saturated heterocycles. The minimum absolute atomic E-state index is 0.0460. The molecule has 0 unspecified atom stereocenters. The molecule has 1 aliphatic rings. The molecular weight excluding hydrogens is 440 g/mol. The Bertz CT molecular complexity index is 1150. The molecule has 0 radical (unpaired) electrons. The molecule has 0 saturated carbocycles. The van der Waals surface area contributed by atoms with Crippen molar-refractivity contribution < 1.29 is 27.1 Å². The van der Waals surface area contributed by atoms with Crippen LogP contribution in [-0.2, 0) is 26.1 Å². The fraction of sp³-hybridized carbons (Fsp3) is 0.333. The quantitative estimate of drug-likeness (QED) is 0.517.